The molecule has 2 rings (SSSR count). The zero-order chi connectivity index (χ0) is 10.5. The standard InChI is InChI=1S/C11H20N4/c1-12-8-11-13-9-14-15(11)10-6-4-2-3-5-7-10/h9-10,12H,2-8H2,1H3. The molecule has 0 aliphatic heterocycles. The molecule has 84 valence electrons. The molecule has 0 aromatic carbocycles. The summed E-state index contributed by atoms with van der Waals surface area (Å²) in [7, 11) is 1.95. The maximum Gasteiger partial charge on any atom is 0.141 e. The first kappa shape index (κ1) is 10.6. The number of hydrogen-bond acceptors (Lipinski definition) is 3. The monoisotopic (exact) mass is 208 g/mol. The first-order chi connectivity index (χ1) is 7.42. The zero-order valence-electron chi connectivity index (χ0n) is 9.45. The minimum Gasteiger partial charge on any atom is -0.313 e. The van der Waals surface area contributed by atoms with Crippen molar-refractivity contribution >= 4 is 0 Å². The fraction of sp³-hybridized carbons (Fsp3) is 0.818. The Morgan fingerprint density at radius 1 is 1.33 bits per heavy atom. The molecular formula is C11H20N4. The second-order valence-corrected chi connectivity index (χ2v) is 4.30. The molecule has 0 bridgehead atoms. The molecule has 0 saturated heterocycles. The Hall–Kier alpha value is -0.900. The molecule has 1 aliphatic carbocycles. The maximum atomic E-state index is 4.37. The average Bonchev–Trinajstić information content (AvgIpc) is 2.53. The summed E-state index contributed by atoms with van der Waals surface area (Å²) in [4.78, 5) is 4.30. The molecule has 1 saturated carbocycles. The van der Waals surface area contributed by atoms with Crippen LogP contribution in [0, 0.1) is 0 Å². The van der Waals surface area contributed by atoms with E-state index < -0.39 is 0 Å². The summed E-state index contributed by atoms with van der Waals surface area (Å²) in [6.45, 7) is 0.816. The van der Waals surface area contributed by atoms with Gasteiger partial charge in [-0.2, -0.15) is 5.10 Å². The van der Waals surface area contributed by atoms with Crippen molar-refractivity contribution in [3.05, 3.63) is 12.2 Å². The second-order valence-electron chi connectivity index (χ2n) is 4.30. The number of nitrogens with zero attached hydrogens (tertiary/aromatic N) is 3. The number of aromatic nitrogens is 3. The Bertz CT molecular complexity index is 287. The van der Waals surface area contributed by atoms with Crippen LogP contribution in [0.1, 0.15) is 50.4 Å². The first-order valence-electron chi connectivity index (χ1n) is 5.95. The van der Waals surface area contributed by atoms with Crippen molar-refractivity contribution in [2.45, 2.75) is 51.1 Å². The summed E-state index contributed by atoms with van der Waals surface area (Å²) in [5.41, 5.74) is 0. The lowest BCUT2D eigenvalue weighted by Crippen LogP contribution is -2.17. The summed E-state index contributed by atoms with van der Waals surface area (Å²) >= 11 is 0. The minimum atomic E-state index is 0.582. The Kier molecular flexibility index (Phi) is 3.72. The third-order valence-electron chi connectivity index (χ3n) is 3.15. The largest absolute Gasteiger partial charge is 0.313 e. The molecule has 1 heterocycles. The second kappa shape index (κ2) is 5.26. The van der Waals surface area contributed by atoms with Gasteiger partial charge in [0, 0.05) is 0 Å². The van der Waals surface area contributed by atoms with Gasteiger partial charge < -0.3 is 5.32 Å². The van der Waals surface area contributed by atoms with E-state index in [2.05, 4.69) is 20.1 Å². The Balaban J connectivity index is 2.08. The van der Waals surface area contributed by atoms with Crippen molar-refractivity contribution in [3.8, 4) is 0 Å². The summed E-state index contributed by atoms with van der Waals surface area (Å²) < 4.78 is 2.13. The van der Waals surface area contributed by atoms with E-state index >= 15 is 0 Å². The van der Waals surface area contributed by atoms with E-state index in [-0.39, 0.29) is 0 Å². The van der Waals surface area contributed by atoms with Gasteiger partial charge in [0.2, 0.25) is 0 Å². The average molecular weight is 208 g/mol. The molecular weight excluding hydrogens is 188 g/mol. The number of nitrogens with one attached hydrogen (secondary N) is 1. The number of hydrogen-bond donors (Lipinski definition) is 1. The molecule has 0 atom stereocenters. The van der Waals surface area contributed by atoms with Gasteiger partial charge in [-0.3, -0.25) is 0 Å². The van der Waals surface area contributed by atoms with E-state index in [4.69, 9.17) is 0 Å². The molecule has 1 aliphatic rings. The van der Waals surface area contributed by atoms with Crippen LogP contribution in [0.4, 0.5) is 0 Å². The quantitative estimate of drug-likeness (QED) is 0.771. The Labute approximate surface area is 91.1 Å². The minimum absolute atomic E-state index is 0.582. The lowest BCUT2D eigenvalue weighted by molar-refractivity contribution is 0.388. The maximum absolute atomic E-state index is 4.37. The van der Waals surface area contributed by atoms with Crippen molar-refractivity contribution in [1.82, 2.24) is 20.1 Å². The Morgan fingerprint density at radius 3 is 2.73 bits per heavy atom. The van der Waals surface area contributed by atoms with Crippen molar-refractivity contribution < 1.29 is 0 Å². The van der Waals surface area contributed by atoms with Gasteiger partial charge in [0.1, 0.15) is 12.2 Å². The summed E-state index contributed by atoms with van der Waals surface area (Å²) in [6, 6.07) is 0.582. The molecule has 15 heavy (non-hydrogen) atoms. The smallest absolute Gasteiger partial charge is 0.141 e. The molecule has 0 radical (unpaired) electrons. The van der Waals surface area contributed by atoms with Crippen LogP contribution in [0.15, 0.2) is 6.33 Å². The van der Waals surface area contributed by atoms with Gasteiger partial charge in [-0.15, -0.1) is 0 Å². The SMILES string of the molecule is CNCc1ncnn1C1CCCCCC1. The molecule has 1 N–H and O–H groups in total. The highest BCUT2D eigenvalue weighted by Gasteiger charge is 2.17. The highest BCUT2D eigenvalue weighted by molar-refractivity contribution is 4.87. The highest BCUT2D eigenvalue weighted by Crippen LogP contribution is 2.26. The van der Waals surface area contributed by atoms with Gasteiger partial charge in [0.25, 0.3) is 0 Å². The molecule has 1 aromatic rings. The van der Waals surface area contributed by atoms with Crippen molar-refractivity contribution in [1.29, 1.82) is 0 Å². The van der Waals surface area contributed by atoms with Crippen LogP contribution in [0.25, 0.3) is 0 Å². The summed E-state index contributed by atoms with van der Waals surface area (Å²) in [5, 5.41) is 7.51. The normalized spacial score (nSPS) is 19.0. The predicted octanol–water partition coefficient (Wildman–Crippen LogP) is 1.89. The lowest BCUT2D eigenvalue weighted by atomic mass is 10.1. The fourth-order valence-electron chi connectivity index (χ4n) is 2.37. The van der Waals surface area contributed by atoms with Crippen LogP contribution in [0.3, 0.4) is 0 Å². The molecule has 4 heteroatoms. The van der Waals surface area contributed by atoms with Gasteiger partial charge in [0.05, 0.1) is 12.6 Å². The molecule has 0 unspecified atom stereocenters. The van der Waals surface area contributed by atoms with E-state index in [0.29, 0.717) is 6.04 Å². The first-order valence-corrected chi connectivity index (χ1v) is 5.95. The van der Waals surface area contributed by atoms with Crippen molar-refractivity contribution in [2.75, 3.05) is 7.05 Å². The van der Waals surface area contributed by atoms with Gasteiger partial charge in [-0.05, 0) is 19.9 Å². The van der Waals surface area contributed by atoms with Crippen LogP contribution in [-0.2, 0) is 6.54 Å². The zero-order valence-corrected chi connectivity index (χ0v) is 9.45. The summed E-state index contributed by atoms with van der Waals surface area (Å²) in [6.07, 6.45) is 9.64. The third-order valence-corrected chi connectivity index (χ3v) is 3.15. The van der Waals surface area contributed by atoms with Crippen LogP contribution in [-0.4, -0.2) is 21.8 Å². The van der Waals surface area contributed by atoms with Gasteiger partial charge >= 0.3 is 0 Å². The predicted molar refractivity (Wildman–Crippen MR) is 59.5 cm³/mol. The van der Waals surface area contributed by atoms with Gasteiger partial charge in [-0.1, -0.05) is 25.7 Å². The molecule has 1 aromatic heterocycles. The van der Waals surface area contributed by atoms with E-state index in [0.717, 1.165) is 12.4 Å². The lowest BCUT2D eigenvalue weighted by Gasteiger charge is -2.16. The highest BCUT2D eigenvalue weighted by atomic mass is 15.4. The van der Waals surface area contributed by atoms with Crippen LogP contribution in [0.2, 0.25) is 0 Å². The van der Waals surface area contributed by atoms with Crippen LogP contribution in [0.5, 0.6) is 0 Å². The van der Waals surface area contributed by atoms with E-state index in [1.807, 2.05) is 7.05 Å². The molecule has 0 spiro atoms. The molecule has 4 nitrogen and oxygen atoms in total. The van der Waals surface area contributed by atoms with Crippen molar-refractivity contribution in [2.24, 2.45) is 0 Å². The fourth-order valence-corrected chi connectivity index (χ4v) is 2.37. The molecule has 0 amide bonds. The Morgan fingerprint density at radius 2 is 2.07 bits per heavy atom. The van der Waals surface area contributed by atoms with E-state index in [9.17, 15) is 0 Å². The van der Waals surface area contributed by atoms with E-state index in [1.165, 1.54) is 38.5 Å². The topological polar surface area (TPSA) is 42.7 Å². The van der Waals surface area contributed by atoms with E-state index in [1.54, 1.807) is 6.33 Å². The van der Waals surface area contributed by atoms with Crippen molar-refractivity contribution in [3.63, 3.8) is 0 Å². The van der Waals surface area contributed by atoms with Gasteiger partial charge in [-0.25, -0.2) is 9.67 Å². The number of rotatable bonds is 3. The third kappa shape index (κ3) is 2.56. The van der Waals surface area contributed by atoms with Gasteiger partial charge in [0.15, 0.2) is 0 Å². The van der Waals surface area contributed by atoms with Crippen LogP contribution < -0.4 is 5.32 Å². The summed E-state index contributed by atoms with van der Waals surface area (Å²) in [5.74, 6) is 1.07. The van der Waals surface area contributed by atoms with Crippen LogP contribution >= 0.6 is 0 Å². The molecule has 1 fully saturated rings.